The number of aliphatic hydroxyl groups excluding tert-OH is 1. The molecule has 1 saturated carbocycles. The third-order valence-electron chi connectivity index (χ3n) is 3.97. The molecule has 4 heteroatoms. The summed E-state index contributed by atoms with van der Waals surface area (Å²) in [7, 11) is 0. The Kier molecular flexibility index (Phi) is 2.43. The Morgan fingerprint density at radius 2 is 2.18 bits per heavy atom. The Balaban J connectivity index is 2.09. The lowest BCUT2D eigenvalue weighted by Gasteiger charge is -2.24. The number of benzene rings is 1. The van der Waals surface area contributed by atoms with Gasteiger partial charge in [0.25, 0.3) is 0 Å². The number of hydrogen-bond acceptors (Lipinski definition) is 3. The van der Waals surface area contributed by atoms with E-state index in [2.05, 4.69) is 28.7 Å². The molecule has 0 saturated heterocycles. The van der Waals surface area contributed by atoms with E-state index in [1.807, 2.05) is 12.1 Å². The molecule has 90 valence electrons. The fourth-order valence-electron chi connectivity index (χ4n) is 2.81. The van der Waals surface area contributed by atoms with Crippen LogP contribution in [0.25, 0.3) is 10.9 Å². The summed E-state index contributed by atoms with van der Waals surface area (Å²) in [6, 6.07) is 8.18. The van der Waals surface area contributed by atoms with Gasteiger partial charge in [-0.15, -0.1) is 0 Å². The highest BCUT2D eigenvalue weighted by atomic mass is 16.3. The van der Waals surface area contributed by atoms with Gasteiger partial charge in [0.2, 0.25) is 0 Å². The number of aromatic nitrogens is 1. The van der Waals surface area contributed by atoms with Crippen molar-refractivity contribution in [3.05, 3.63) is 36.0 Å². The van der Waals surface area contributed by atoms with Crippen molar-refractivity contribution in [2.75, 3.05) is 6.61 Å². The number of hydrogen-bond donors (Lipinski definition) is 4. The first-order chi connectivity index (χ1) is 8.31. The van der Waals surface area contributed by atoms with E-state index in [1.54, 1.807) is 0 Å². The number of aromatic amines is 1. The Morgan fingerprint density at radius 3 is 2.82 bits per heavy atom. The van der Waals surface area contributed by atoms with Crippen LogP contribution >= 0.6 is 0 Å². The molecule has 1 unspecified atom stereocenters. The molecule has 1 aliphatic rings. The molecule has 1 heterocycles. The zero-order chi connectivity index (χ0) is 11.9. The van der Waals surface area contributed by atoms with Crippen LogP contribution in [0.3, 0.4) is 0 Å². The first kappa shape index (κ1) is 10.8. The van der Waals surface area contributed by atoms with Crippen LogP contribution in [-0.4, -0.2) is 22.7 Å². The van der Waals surface area contributed by atoms with Crippen molar-refractivity contribution in [2.24, 2.45) is 5.84 Å². The van der Waals surface area contributed by atoms with Crippen molar-refractivity contribution in [3.63, 3.8) is 0 Å². The molecule has 1 fully saturated rings. The molecule has 5 N–H and O–H groups in total. The van der Waals surface area contributed by atoms with Crippen LogP contribution in [0.2, 0.25) is 0 Å². The molecule has 0 radical (unpaired) electrons. The van der Waals surface area contributed by atoms with Crippen molar-refractivity contribution >= 4 is 10.9 Å². The predicted molar refractivity (Wildman–Crippen MR) is 67.4 cm³/mol. The summed E-state index contributed by atoms with van der Waals surface area (Å²) >= 11 is 0. The van der Waals surface area contributed by atoms with Gasteiger partial charge in [-0.25, -0.2) is 0 Å². The fourth-order valence-corrected chi connectivity index (χ4v) is 2.81. The minimum absolute atomic E-state index is 0.00308. The second-order valence-electron chi connectivity index (χ2n) is 4.81. The van der Waals surface area contributed by atoms with Crippen LogP contribution in [0, 0.1) is 0 Å². The summed E-state index contributed by atoms with van der Waals surface area (Å²) < 4.78 is 0. The second kappa shape index (κ2) is 3.84. The summed E-state index contributed by atoms with van der Waals surface area (Å²) in [5.41, 5.74) is 5.16. The molecule has 0 amide bonds. The van der Waals surface area contributed by atoms with E-state index >= 15 is 0 Å². The van der Waals surface area contributed by atoms with Crippen molar-refractivity contribution in [1.29, 1.82) is 0 Å². The third kappa shape index (κ3) is 1.49. The van der Waals surface area contributed by atoms with Crippen LogP contribution in [0.5, 0.6) is 0 Å². The highest BCUT2D eigenvalue weighted by molar-refractivity contribution is 5.85. The van der Waals surface area contributed by atoms with Gasteiger partial charge in [-0.1, -0.05) is 18.2 Å². The Labute approximate surface area is 99.8 Å². The number of hydrazine groups is 1. The number of nitrogens with two attached hydrogens (primary N) is 1. The summed E-state index contributed by atoms with van der Waals surface area (Å²) in [6.45, 7) is 0.0655. The Hall–Kier alpha value is -1.36. The number of H-pyrrole nitrogens is 1. The van der Waals surface area contributed by atoms with Crippen molar-refractivity contribution in [1.82, 2.24) is 10.4 Å². The molecule has 1 atom stereocenters. The molecule has 0 spiro atoms. The zero-order valence-corrected chi connectivity index (χ0v) is 9.61. The van der Waals surface area contributed by atoms with E-state index in [4.69, 9.17) is 5.84 Å². The number of para-hydroxylation sites is 1. The summed E-state index contributed by atoms with van der Waals surface area (Å²) in [4.78, 5) is 3.29. The van der Waals surface area contributed by atoms with Gasteiger partial charge in [0.15, 0.2) is 0 Å². The summed E-state index contributed by atoms with van der Waals surface area (Å²) in [5, 5.41) is 10.7. The maximum absolute atomic E-state index is 9.42. The first-order valence-electron chi connectivity index (χ1n) is 5.95. The molecule has 1 aromatic carbocycles. The lowest BCUT2D eigenvalue weighted by molar-refractivity contribution is 0.217. The van der Waals surface area contributed by atoms with E-state index in [9.17, 15) is 5.11 Å². The molecule has 0 bridgehead atoms. The van der Waals surface area contributed by atoms with Crippen LogP contribution in [-0.2, 0) is 5.41 Å². The van der Waals surface area contributed by atoms with Gasteiger partial charge < -0.3 is 10.1 Å². The normalized spacial score (nSPS) is 19.4. The van der Waals surface area contributed by atoms with Crippen LogP contribution in [0.15, 0.2) is 30.5 Å². The summed E-state index contributed by atoms with van der Waals surface area (Å²) in [5.74, 6) is 5.54. The maximum atomic E-state index is 9.42. The standard InChI is InChI=1S/C13H17N3O/c14-16-12(8-17)13(5-6-13)10-7-15-11-4-2-1-3-9(10)11/h1-4,7,12,15-17H,5-6,8,14H2. The predicted octanol–water partition coefficient (Wildman–Crippen LogP) is 1.02. The summed E-state index contributed by atoms with van der Waals surface area (Å²) in [6.07, 6.45) is 4.20. The van der Waals surface area contributed by atoms with Crippen LogP contribution in [0.1, 0.15) is 18.4 Å². The number of aliphatic hydroxyl groups is 1. The molecule has 3 rings (SSSR count). The highest BCUT2D eigenvalue weighted by Crippen LogP contribution is 2.52. The van der Waals surface area contributed by atoms with Gasteiger partial charge >= 0.3 is 0 Å². The average molecular weight is 231 g/mol. The average Bonchev–Trinajstić information content (AvgIpc) is 3.04. The van der Waals surface area contributed by atoms with Gasteiger partial charge in [-0.2, -0.15) is 0 Å². The van der Waals surface area contributed by atoms with Gasteiger partial charge in [0.05, 0.1) is 12.6 Å². The van der Waals surface area contributed by atoms with Gasteiger partial charge in [0.1, 0.15) is 0 Å². The van der Waals surface area contributed by atoms with Gasteiger partial charge in [-0.05, 0) is 24.5 Å². The number of nitrogens with one attached hydrogen (secondary N) is 2. The van der Waals surface area contributed by atoms with Crippen molar-refractivity contribution < 1.29 is 5.11 Å². The Morgan fingerprint density at radius 1 is 1.41 bits per heavy atom. The quantitative estimate of drug-likeness (QED) is 0.469. The lowest BCUT2D eigenvalue weighted by Crippen LogP contribution is -2.46. The van der Waals surface area contributed by atoms with E-state index in [1.165, 1.54) is 10.9 Å². The third-order valence-corrected chi connectivity index (χ3v) is 3.97. The maximum Gasteiger partial charge on any atom is 0.0606 e. The van der Waals surface area contributed by atoms with E-state index in [0.29, 0.717) is 0 Å². The van der Waals surface area contributed by atoms with Gasteiger partial charge in [0, 0.05) is 22.5 Å². The van der Waals surface area contributed by atoms with Gasteiger partial charge in [-0.3, -0.25) is 11.3 Å². The SMILES string of the molecule is NNC(CO)C1(c2c[nH]c3ccccc23)CC1. The van der Waals surface area contributed by atoms with Crippen LogP contribution < -0.4 is 11.3 Å². The molecule has 17 heavy (non-hydrogen) atoms. The molecule has 0 aliphatic heterocycles. The largest absolute Gasteiger partial charge is 0.395 e. The minimum Gasteiger partial charge on any atom is -0.395 e. The van der Waals surface area contributed by atoms with E-state index in [0.717, 1.165) is 18.4 Å². The highest BCUT2D eigenvalue weighted by Gasteiger charge is 2.51. The lowest BCUT2D eigenvalue weighted by atomic mass is 9.88. The topological polar surface area (TPSA) is 74.1 Å². The molecule has 2 aromatic rings. The van der Waals surface area contributed by atoms with E-state index < -0.39 is 0 Å². The molecular formula is C13H17N3O. The molecule has 1 aliphatic carbocycles. The monoisotopic (exact) mass is 231 g/mol. The minimum atomic E-state index is -0.0679. The Bertz CT molecular complexity index is 526. The van der Waals surface area contributed by atoms with Crippen molar-refractivity contribution in [3.8, 4) is 0 Å². The molecule has 1 aromatic heterocycles. The molecular weight excluding hydrogens is 214 g/mol. The smallest absolute Gasteiger partial charge is 0.0606 e. The molecule has 4 nitrogen and oxygen atoms in total. The van der Waals surface area contributed by atoms with E-state index in [-0.39, 0.29) is 18.1 Å². The second-order valence-corrected chi connectivity index (χ2v) is 4.81. The number of fused-ring (bicyclic) bond motifs is 1. The van der Waals surface area contributed by atoms with Crippen LogP contribution in [0.4, 0.5) is 0 Å². The fraction of sp³-hybridized carbons (Fsp3) is 0.385. The number of rotatable bonds is 4. The zero-order valence-electron chi connectivity index (χ0n) is 9.61. The first-order valence-corrected chi connectivity index (χ1v) is 5.95. The van der Waals surface area contributed by atoms with Crippen molar-refractivity contribution in [2.45, 2.75) is 24.3 Å².